The summed E-state index contributed by atoms with van der Waals surface area (Å²) in [6.45, 7) is 0. The van der Waals surface area contributed by atoms with Crippen LogP contribution in [0.15, 0.2) is 110 Å². The van der Waals surface area contributed by atoms with Crippen LogP contribution >= 0.6 is 0 Å². The van der Waals surface area contributed by atoms with Gasteiger partial charge in [0, 0.05) is 35.9 Å². The van der Waals surface area contributed by atoms with E-state index in [1.807, 2.05) is 0 Å². The fourth-order valence-electron chi connectivity index (χ4n) is 4.41. The van der Waals surface area contributed by atoms with Gasteiger partial charge in [-0.15, -0.1) is 0 Å². The van der Waals surface area contributed by atoms with Gasteiger partial charge in [0.15, 0.2) is 5.69 Å². The molecule has 244 valence electrons. The lowest BCUT2D eigenvalue weighted by atomic mass is 10.1. The Hall–Kier alpha value is -6.32. The van der Waals surface area contributed by atoms with Gasteiger partial charge >= 0.3 is 24.3 Å². The zero-order chi connectivity index (χ0) is 34.6. The first-order chi connectivity index (χ1) is 22.7. The molecule has 48 heavy (non-hydrogen) atoms. The molecule has 0 amide bonds. The molecule has 0 aliphatic rings. The number of rotatable bonds is 6. The minimum Gasteiger partial charge on any atom is -0.478 e. The van der Waals surface area contributed by atoms with Gasteiger partial charge < -0.3 is 10.2 Å². The molecular formula is C32H20F6N6O4. The maximum absolute atomic E-state index is 13.3. The highest BCUT2D eigenvalue weighted by Gasteiger charge is 2.37. The fraction of sp³-hybridized carbons (Fsp3) is 0.0625. The van der Waals surface area contributed by atoms with E-state index in [-0.39, 0.29) is 33.9 Å². The van der Waals surface area contributed by atoms with Crippen LogP contribution in [0.25, 0.3) is 33.9 Å². The molecule has 0 aliphatic carbocycles. The lowest BCUT2D eigenvalue weighted by Crippen LogP contribution is -2.13. The molecule has 0 saturated heterocycles. The van der Waals surface area contributed by atoms with E-state index in [2.05, 4.69) is 20.2 Å². The lowest BCUT2D eigenvalue weighted by Gasteiger charge is -2.10. The highest BCUT2D eigenvalue weighted by atomic mass is 19.4. The topological polar surface area (TPSA) is 136 Å². The van der Waals surface area contributed by atoms with E-state index in [0.717, 1.165) is 22.9 Å². The van der Waals surface area contributed by atoms with Crippen molar-refractivity contribution in [3.8, 4) is 33.9 Å². The van der Waals surface area contributed by atoms with Crippen LogP contribution in [0.1, 0.15) is 32.1 Å². The van der Waals surface area contributed by atoms with Gasteiger partial charge in [0.1, 0.15) is 5.69 Å². The Bertz CT molecular complexity index is 2080. The van der Waals surface area contributed by atoms with Crippen molar-refractivity contribution in [3.05, 3.63) is 132 Å². The normalized spacial score (nSPS) is 11.5. The molecule has 6 aromatic rings. The number of carbonyl (C=O) groups is 2. The number of hydrogen-bond acceptors (Lipinski definition) is 6. The van der Waals surface area contributed by atoms with E-state index in [4.69, 9.17) is 10.2 Å². The van der Waals surface area contributed by atoms with Gasteiger partial charge in [-0.3, -0.25) is 9.97 Å². The lowest BCUT2D eigenvalue weighted by molar-refractivity contribution is -0.143. The van der Waals surface area contributed by atoms with Gasteiger partial charge in [-0.1, -0.05) is 12.1 Å². The summed E-state index contributed by atoms with van der Waals surface area (Å²) in [6, 6.07) is 18.9. The highest BCUT2D eigenvalue weighted by molar-refractivity contribution is 5.88. The molecule has 2 aromatic carbocycles. The van der Waals surface area contributed by atoms with E-state index >= 15 is 0 Å². The maximum Gasteiger partial charge on any atom is 0.435 e. The van der Waals surface area contributed by atoms with E-state index in [1.54, 1.807) is 24.3 Å². The number of hydrogen-bond donors (Lipinski definition) is 2. The van der Waals surface area contributed by atoms with Gasteiger partial charge in [-0.2, -0.15) is 36.5 Å². The minimum absolute atomic E-state index is 0.0114. The van der Waals surface area contributed by atoms with Crippen LogP contribution in [0, 0.1) is 0 Å². The fourth-order valence-corrected chi connectivity index (χ4v) is 4.41. The molecule has 0 bridgehead atoms. The summed E-state index contributed by atoms with van der Waals surface area (Å²) in [7, 11) is 0. The number of aromatic carboxylic acids is 2. The number of alkyl halides is 6. The Morgan fingerprint density at radius 1 is 0.604 bits per heavy atom. The van der Waals surface area contributed by atoms with Crippen LogP contribution in [0.4, 0.5) is 26.3 Å². The molecule has 4 aromatic heterocycles. The summed E-state index contributed by atoms with van der Waals surface area (Å²) in [6.07, 6.45) is -3.45. The predicted molar refractivity (Wildman–Crippen MR) is 158 cm³/mol. The molecule has 0 fully saturated rings. The third-order valence-electron chi connectivity index (χ3n) is 6.59. The van der Waals surface area contributed by atoms with Crippen molar-refractivity contribution in [2.75, 3.05) is 0 Å². The second-order valence-corrected chi connectivity index (χ2v) is 9.84. The number of carboxylic acids is 2. The number of halogens is 6. The molecule has 0 saturated carbocycles. The van der Waals surface area contributed by atoms with Crippen molar-refractivity contribution in [3.63, 3.8) is 0 Å². The van der Waals surface area contributed by atoms with Crippen LogP contribution in [-0.4, -0.2) is 51.7 Å². The van der Waals surface area contributed by atoms with E-state index in [1.165, 1.54) is 67.3 Å². The smallest absolute Gasteiger partial charge is 0.435 e. The van der Waals surface area contributed by atoms with Gasteiger partial charge in [-0.05, 0) is 72.8 Å². The van der Waals surface area contributed by atoms with Gasteiger partial charge in [0.05, 0.1) is 33.9 Å². The van der Waals surface area contributed by atoms with E-state index < -0.39 is 35.7 Å². The molecule has 2 N–H and O–H groups in total. The van der Waals surface area contributed by atoms with Crippen molar-refractivity contribution in [2.45, 2.75) is 12.4 Å². The molecule has 0 aliphatic heterocycles. The molecule has 16 heteroatoms. The zero-order valence-electron chi connectivity index (χ0n) is 24.1. The standard InChI is InChI=1S/2C16H10F3N3O2/c17-16(18,19)14-8-13(11-4-2-6-20-9-11)22(21-14)12-5-1-3-10(7-12)15(23)24;17-16(18,19)14-8-13(11-4-2-6-20-9-11)21-22(14)12-5-1-3-10(7-12)15(23)24/h2*1-9H,(H,23,24). The summed E-state index contributed by atoms with van der Waals surface area (Å²) in [5.74, 6) is -2.41. The SMILES string of the molecule is O=C(O)c1cccc(-n2nc(-c3cccnc3)cc2C(F)(F)F)c1.O=C(O)c1cccc(-n2nc(C(F)(F)F)cc2-c2cccnc2)c1. The number of pyridine rings is 2. The Labute approximate surface area is 266 Å². The molecule has 10 nitrogen and oxygen atoms in total. The molecule has 0 spiro atoms. The van der Waals surface area contributed by atoms with Crippen molar-refractivity contribution in [1.29, 1.82) is 0 Å². The Morgan fingerprint density at radius 2 is 1.15 bits per heavy atom. The average molecular weight is 667 g/mol. The molecule has 4 heterocycles. The van der Waals surface area contributed by atoms with Crippen LogP contribution in [0.3, 0.4) is 0 Å². The van der Waals surface area contributed by atoms with Gasteiger partial charge in [-0.25, -0.2) is 19.0 Å². The average Bonchev–Trinajstić information content (AvgIpc) is 3.73. The second-order valence-electron chi connectivity index (χ2n) is 9.84. The first-order valence-corrected chi connectivity index (χ1v) is 13.5. The van der Waals surface area contributed by atoms with Crippen molar-refractivity contribution >= 4 is 11.9 Å². The van der Waals surface area contributed by atoms with E-state index in [9.17, 15) is 35.9 Å². The molecule has 0 radical (unpaired) electrons. The van der Waals surface area contributed by atoms with Crippen LogP contribution < -0.4 is 0 Å². The third kappa shape index (κ3) is 7.38. The summed E-state index contributed by atoms with van der Waals surface area (Å²) in [4.78, 5) is 29.9. The first-order valence-electron chi connectivity index (χ1n) is 13.5. The van der Waals surface area contributed by atoms with Crippen LogP contribution in [0.5, 0.6) is 0 Å². The largest absolute Gasteiger partial charge is 0.478 e. The predicted octanol–water partition coefficient (Wildman–Crippen LogP) is 7.30. The number of carboxylic acid groups (broad SMARTS) is 2. The van der Waals surface area contributed by atoms with Gasteiger partial charge in [0.2, 0.25) is 0 Å². The van der Waals surface area contributed by atoms with Gasteiger partial charge in [0.25, 0.3) is 0 Å². The molecule has 6 rings (SSSR count). The summed E-state index contributed by atoms with van der Waals surface area (Å²) >= 11 is 0. The Morgan fingerprint density at radius 3 is 1.62 bits per heavy atom. The van der Waals surface area contributed by atoms with E-state index in [0.29, 0.717) is 15.8 Å². The van der Waals surface area contributed by atoms with Crippen molar-refractivity contribution < 1.29 is 46.1 Å². The summed E-state index contributed by atoms with van der Waals surface area (Å²) in [5, 5.41) is 25.6. The molecular weight excluding hydrogens is 646 g/mol. The zero-order valence-corrected chi connectivity index (χ0v) is 24.1. The Balaban J connectivity index is 0.000000188. The monoisotopic (exact) mass is 666 g/mol. The van der Waals surface area contributed by atoms with Crippen LogP contribution in [-0.2, 0) is 12.4 Å². The maximum atomic E-state index is 13.3. The number of aromatic nitrogens is 6. The molecule has 0 atom stereocenters. The first kappa shape index (κ1) is 33.1. The summed E-state index contributed by atoms with van der Waals surface area (Å²) in [5.41, 5.74) is -0.896. The minimum atomic E-state index is -4.65. The quantitative estimate of drug-likeness (QED) is 0.177. The third-order valence-corrected chi connectivity index (χ3v) is 6.59. The van der Waals surface area contributed by atoms with Crippen LogP contribution in [0.2, 0.25) is 0 Å². The number of nitrogens with zero attached hydrogens (tertiary/aromatic N) is 6. The highest BCUT2D eigenvalue weighted by Crippen LogP contribution is 2.35. The Kier molecular flexibility index (Phi) is 9.08. The second kappa shape index (κ2) is 13.2. The number of benzene rings is 2. The van der Waals surface area contributed by atoms with Crippen molar-refractivity contribution in [1.82, 2.24) is 29.5 Å². The molecule has 0 unspecified atom stereocenters. The van der Waals surface area contributed by atoms with Crippen molar-refractivity contribution in [2.24, 2.45) is 0 Å². The summed E-state index contributed by atoms with van der Waals surface area (Å²) < 4.78 is 80.8.